The highest BCUT2D eigenvalue weighted by Crippen LogP contribution is 2.12. The Kier molecular flexibility index (Phi) is 7.97. The summed E-state index contributed by atoms with van der Waals surface area (Å²) in [7, 11) is 1.68. The van der Waals surface area contributed by atoms with Crippen molar-refractivity contribution in [2.24, 2.45) is 4.99 Å². The second-order valence-electron chi connectivity index (χ2n) is 4.97. The van der Waals surface area contributed by atoms with Crippen molar-refractivity contribution in [3.63, 3.8) is 0 Å². The number of hydrogen-bond donors (Lipinski definition) is 2. The first-order valence-corrected chi connectivity index (χ1v) is 9.83. The normalized spacial score (nSPS) is 17.1. The molecule has 1 fully saturated rings. The van der Waals surface area contributed by atoms with Crippen LogP contribution < -0.4 is 10.6 Å². The van der Waals surface area contributed by atoms with Gasteiger partial charge in [-0.3, -0.25) is 9.79 Å². The fourth-order valence-corrected chi connectivity index (χ4v) is 4.28. The lowest BCUT2D eigenvalue weighted by atomic mass is 10.5. The van der Waals surface area contributed by atoms with Crippen LogP contribution in [0.2, 0.25) is 0 Å². The summed E-state index contributed by atoms with van der Waals surface area (Å²) in [4.78, 5) is 16.9. The summed E-state index contributed by atoms with van der Waals surface area (Å²) in [6.07, 6.45) is 0. The summed E-state index contributed by atoms with van der Waals surface area (Å²) in [5, 5.41) is 5.77. The molecule has 8 nitrogen and oxygen atoms in total. The van der Waals surface area contributed by atoms with Gasteiger partial charge in [-0.25, -0.2) is 12.7 Å². The highest BCUT2D eigenvalue weighted by molar-refractivity contribution is 7.99. The standard InChI is InChI=1S/C12H25N5O3S2/c1-13-12(15-10-11(18)16(2)3)14-4-9-22(19,20)17-5-7-21-8-6-17/h4-10H2,1-3H3,(H2,13,14,15). The molecule has 10 heteroatoms. The average molecular weight is 351 g/mol. The highest BCUT2D eigenvalue weighted by Gasteiger charge is 2.23. The van der Waals surface area contributed by atoms with Crippen molar-refractivity contribution >= 4 is 33.7 Å². The topological polar surface area (TPSA) is 94.1 Å². The molecule has 0 atom stereocenters. The molecule has 1 saturated heterocycles. The van der Waals surface area contributed by atoms with Crippen LogP contribution in [0.3, 0.4) is 0 Å². The van der Waals surface area contributed by atoms with Crippen molar-refractivity contribution in [2.45, 2.75) is 0 Å². The first-order chi connectivity index (χ1) is 10.4. The van der Waals surface area contributed by atoms with E-state index in [1.807, 2.05) is 0 Å². The van der Waals surface area contributed by atoms with Gasteiger partial charge in [-0.2, -0.15) is 11.8 Å². The molecule has 0 saturated carbocycles. The van der Waals surface area contributed by atoms with E-state index >= 15 is 0 Å². The minimum Gasteiger partial charge on any atom is -0.355 e. The van der Waals surface area contributed by atoms with Crippen LogP contribution in [0.4, 0.5) is 0 Å². The zero-order valence-electron chi connectivity index (χ0n) is 13.3. The maximum Gasteiger partial charge on any atom is 0.241 e. The van der Waals surface area contributed by atoms with Crippen molar-refractivity contribution in [1.29, 1.82) is 0 Å². The lowest BCUT2D eigenvalue weighted by molar-refractivity contribution is -0.127. The maximum atomic E-state index is 12.2. The van der Waals surface area contributed by atoms with Crippen molar-refractivity contribution in [3.05, 3.63) is 0 Å². The molecule has 2 N–H and O–H groups in total. The number of nitrogens with zero attached hydrogens (tertiary/aromatic N) is 3. The highest BCUT2D eigenvalue weighted by atomic mass is 32.2. The van der Waals surface area contributed by atoms with Crippen LogP contribution in [0.5, 0.6) is 0 Å². The number of thioether (sulfide) groups is 1. The third kappa shape index (κ3) is 6.41. The molecule has 1 aliphatic heterocycles. The van der Waals surface area contributed by atoms with Crippen LogP contribution in [0, 0.1) is 0 Å². The van der Waals surface area contributed by atoms with Gasteiger partial charge < -0.3 is 15.5 Å². The molecule has 0 bridgehead atoms. The molecule has 1 aliphatic rings. The molecule has 128 valence electrons. The van der Waals surface area contributed by atoms with Gasteiger partial charge in [-0.15, -0.1) is 0 Å². The Morgan fingerprint density at radius 1 is 1.27 bits per heavy atom. The predicted octanol–water partition coefficient (Wildman–Crippen LogP) is -1.38. The molecule has 1 amide bonds. The van der Waals surface area contributed by atoms with Crippen LogP contribution in [-0.2, 0) is 14.8 Å². The largest absolute Gasteiger partial charge is 0.355 e. The van der Waals surface area contributed by atoms with Gasteiger partial charge in [0.15, 0.2) is 5.96 Å². The SMILES string of the molecule is CN=C(NCCS(=O)(=O)N1CCSCC1)NCC(=O)N(C)C. The zero-order valence-corrected chi connectivity index (χ0v) is 15.0. The minimum absolute atomic E-state index is 0.0139. The quantitative estimate of drug-likeness (QED) is 0.452. The van der Waals surface area contributed by atoms with E-state index in [9.17, 15) is 13.2 Å². The molecule has 0 aromatic carbocycles. The van der Waals surface area contributed by atoms with Crippen molar-refractivity contribution in [1.82, 2.24) is 19.8 Å². The van der Waals surface area contributed by atoms with Crippen molar-refractivity contribution < 1.29 is 13.2 Å². The first-order valence-electron chi connectivity index (χ1n) is 7.07. The second kappa shape index (κ2) is 9.21. The smallest absolute Gasteiger partial charge is 0.241 e. The van der Waals surface area contributed by atoms with Gasteiger partial charge in [0.2, 0.25) is 15.9 Å². The summed E-state index contributed by atoms with van der Waals surface area (Å²) < 4.78 is 25.9. The number of carbonyl (C=O) groups excluding carboxylic acids is 1. The molecular weight excluding hydrogens is 326 g/mol. The maximum absolute atomic E-state index is 12.2. The number of rotatable bonds is 6. The van der Waals surface area contributed by atoms with Crippen molar-refractivity contribution in [2.75, 3.05) is 64.6 Å². The van der Waals surface area contributed by atoms with E-state index in [2.05, 4.69) is 15.6 Å². The molecule has 1 rings (SSSR count). The molecule has 0 unspecified atom stereocenters. The molecule has 0 aliphatic carbocycles. The van der Waals surface area contributed by atoms with Gasteiger partial charge in [-0.1, -0.05) is 0 Å². The molecule has 0 aromatic heterocycles. The Morgan fingerprint density at radius 2 is 1.91 bits per heavy atom. The number of nitrogens with one attached hydrogen (secondary N) is 2. The van der Waals surface area contributed by atoms with Crippen LogP contribution in [0.25, 0.3) is 0 Å². The van der Waals surface area contributed by atoms with E-state index in [0.717, 1.165) is 11.5 Å². The monoisotopic (exact) mass is 351 g/mol. The van der Waals surface area contributed by atoms with E-state index in [1.54, 1.807) is 32.9 Å². The third-order valence-corrected chi connectivity index (χ3v) is 5.96. The number of carbonyl (C=O) groups is 1. The Labute approximate surface area is 136 Å². The zero-order chi connectivity index (χ0) is 16.6. The van der Waals surface area contributed by atoms with Crippen LogP contribution >= 0.6 is 11.8 Å². The van der Waals surface area contributed by atoms with Crippen LogP contribution in [0.1, 0.15) is 0 Å². The fraction of sp³-hybridized carbons (Fsp3) is 0.833. The molecule has 0 aromatic rings. The molecule has 1 heterocycles. The van der Waals surface area contributed by atoms with Crippen LogP contribution in [-0.4, -0.2) is 94.1 Å². The predicted molar refractivity (Wildman–Crippen MR) is 90.7 cm³/mol. The Hall–Kier alpha value is -1.00. The first kappa shape index (κ1) is 19.0. The third-order valence-electron chi connectivity index (χ3n) is 3.15. The lowest BCUT2D eigenvalue weighted by Gasteiger charge is -2.25. The summed E-state index contributed by atoms with van der Waals surface area (Å²) in [5.41, 5.74) is 0. The summed E-state index contributed by atoms with van der Waals surface area (Å²) in [6, 6.07) is 0. The Bertz CT molecular complexity index is 487. The number of hydrogen-bond acceptors (Lipinski definition) is 5. The van der Waals surface area contributed by atoms with Gasteiger partial charge in [0.05, 0.1) is 12.3 Å². The van der Waals surface area contributed by atoms with Gasteiger partial charge in [0.1, 0.15) is 0 Å². The number of aliphatic imine (C=N–C) groups is 1. The molecule has 0 radical (unpaired) electrons. The van der Waals surface area contributed by atoms with Gasteiger partial charge >= 0.3 is 0 Å². The molecular formula is C12H25N5O3S2. The molecule has 0 spiro atoms. The molecule has 22 heavy (non-hydrogen) atoms. The fourth-order valence-electron chi connectivity index (χ4n) is 1.79. The summed E-state index contributed by atoms with van der Waals surface area (Å²) >= 11 is 1.77. The van der Waals surface area contributed by atoms with Gasteiger partial charge in [0.25, 0.3) is 0 Å². The Morgan fingerprint density at radius 3 is 2.45 bits per heavy atom. The second-order valence-corrected chi connectivity index (χ2v) is 8.28. The number of guanidine groups is 1. The number of amides is 1. The summed E-state index contributed by atoms with van der Waals surface area (Å²) in [5.74, 6) is 2.05. The van der Waals surface area contributed by atoms with E-state index < -0.39 is 10.0 Å². The van der Waals surface area contributed by atoms with E-state index in [-0.39, 0.29) is 24.7 Å². The average Bonchev–Trinajstić information content (AvgIpc) is 2.51. The number of likely N-dealkylation sites (N-methyl/N-ethyl adjacent to an activating group) is 1. The summed E-state index contributed by atoms with van der Waals surface area (Å²) in [6.45, 7) is 1.53. The minimum atomic E-state index is -3.23. The Balaban J connectivity index is 2.36. The van der Waals surface area contributed by atoms with E-state index in [1.165, 1.54) is 9.21 Å². The van der Waals surface area contributed by atoms with E-state index in [0.29, 0.717) is 19.0 Å². The lowest BCUT2D eigenvalue weighted by Crippen LogP contribution is -2.46. The van der Waals surface area contributed by atoms with E-state index in [4.69, 9.17) is 0 Å². The van der Waals surface area contributed by atoms with Crippen LogP contribution in [0.15, 0.2) is 4.99 Å². The van der Waals surface area contributed by atoms with Crippen molar-refractivity contribution in [3.8, 4) is 0 Å². The van der Waals surface area contributed by atoms with Gasteiger partial charge in [-0.05, 0) is 0 Å². The van der Waals surface area contributed by atoms with Gasteiger partial charge in [0, 0.05) is 52.3 Å². The number of sulfonamides is 1.